The molecule has 0 bridgehead atoms. The number of hydrogen-bond acceptors (Lipinski definition) is 0. The van der Waals surface area contributed by atoms with Gasteiger partial charge in [0.25, 0.3) is 0 Å². The van der Waals surface area contributed by atoms with E-state index in [0.29, 0.717) is 0 Å². The minimum Gasteiger partial charge on any atom is -0.418 e. The zero-order chi connectivity index (χ0) is 12.2. The summed E-state index contributed by atoms with van der Waals surface area (Å²) >= 11 is 0. The number of para-hydroxylation sites is 1. The summed E-state index contributed by atoms with van der Waals surface area (Å²) in [5, 5.41) is 1.19. The van der Waals surface area contributed by atoms with E-state index in [-0.39, 0.29) is 0 Å². The summed E-state index contributed by atoms with van der Waals surface area (Å²) in [5.41, 5.74) is 2.21. The second-order valence-electron chi connectivity index (χ2n) is 3.09. The molecule has 1 aromatic carbocycles. The molecule has 0 saturated carbocycles. The van der Waals surface area contributed by atoms with Crippen molar-refractivity contribution in [2.75, 3.05) is 0 Å². The summed E-state index contributed by atoms with van der Waals surface area (Å²) in [6, 6.07) is 10.0. The maximum atomic E-state index is 9.75. The number of benzene rings is 1. The first-order valence-electron chi connectivity index (χ1n) is 4.51. The highest BCUT2D eigenvalue weighted by atomic mass is 19.5. The maximum absolute atomic E-state index is 9.75. The number of fused-ring (bicyclic) bond motifs is 1. The summed E-state index contributed by atoms with van der Waals surface area (Å²) in [5.74, 6) is 0. The third-order valence-corrected chi connectivity index (χ3v) is 1.82. The average Bonchev–Trinajstić information content (AvgIpc) is 2.16. The Balaban J connectivity index is 0.000000221. The molecule has 86 valence electrons. The van der Waals surface area contributed by atoms with Gasteiger partial charge in [0.1, 0.15) is 0 Å². The third kappa shape index (κ3) is 4.29. The Morgan fingerprint density at radius 3 is 2.12 bits per heavy atom. The highest BCUT2D eigenvalue weighted by molar-refractivity contribution is 6.50. The minimum atomic E-state index is -6.00. The van der Waals surface area contributed by atoms with Crippen molar-refractivity contribution in [1.82, 2.24) is 0 Å². The Labute approximate surface area is 89.8 Å². The van der Waals surface area contributed by atoms with E-state index < -0.39 is 7.25 Å². The normalized spacial score (nSPS) is 10.8. The summed E-state index contributed by atoms with van der Waals surface area (Å²) < 4.78 is 44.3. The van der Waals surface area contributed by atoms with Crippen LogP contribution in [0.4, 0.5) is 17.3 Å². The lowest BCUT2D eigenvalue weighted by molar-refractivity contribution is 0.368. The minimum absolute atomic E-state index is 0.951. The molecule has 1 heterocycles. The summed E-state index contributed by atoms with van der Waals surface area (Å²) in [7, 11) is -6.00. The summed E-state index contributed by atoms with van der Waals surface area (Å²) in [6.45, 7) is 2.08. The van der Waals surface area contributed by atoms with Crippen molar-refractivity contribution in [1.29, 1.82) is 0 Å². The Morgan fingerprint density at radius 1 is 1.00 bits per heavy atom. The average molecular weight is 232 g/mol. The van der Waals surface area contributed by atoms with Crippen molar-refractivity contribution in [3.63, 3.8) is 0 Å². The van der Waals surface area contributed by atoms with E-state index in [1.165, 1.54) is 10.9 Å². The Morgan fingerprint density at radius 2 is 1.56 bits per heavy atom. The predicted molar refractivity (Wildman–Crippen MR) is 55.5 cm³/mol. The third-order valence-electron chi connectivity index (χ3n) is 1.82. The molecule has 2 rings (SSSR count). The molecule has 0 unspecified atom stereocenters. The van der Waals surface area contributed by atoms with E-state index in [0.717, 1.165) is 5.58 Å². The maximum Gasteiger partial charge on any atom is 0.673 e. The quantitative estimate of drug-likeness (QED) is 0.374. The number of rotatable bonds is 0. The van der Waals surface area contributed by atoms with Gasteiger partial charge in [0.15, 0.2) is 0 Å². The van der Waals surface area contributed by atoms with Crippen LogP contribution in [0.3, 0.4) is 0 Å². The van der Waals surface area contributed by atoms with E-state index in [4.69, 9.17) is 4.42 Å². The smallest absolute Gasteiger partial charge is 0.418 e. The van der Waals surface area contributed by atoms with E-state index >= 15 is 0 Å². The topological polar surface area (TPSA) is 11.3 Å². The van der Waals surface area contributed by atoms with Crippen LogP contribution in [-0.4, -0.2) is 7.25 Å². The van der Waals surface area contributed by atoms with Crippen LogP contribution in [0.25, 0.3) is 11.0 Å². The molecule has 0 aliphatic carbocycles. The summed E-state index contributed by atoms with van der Waals surface area (Å²) in [4.78, 5) is 0. The molecule has 1 aromatic heterocycles. The van der Waals surface area contributed by atoms with E-state index in [1.54, 1.807) is 6.26 Å². The summed E-state index contributed by atoms with van der Waals surface area (Å²) in [6.07, 6.45) is 1.72. The molecule has 6 heteroatoms. The molecule has 0 radical (unpaired) electrons. The van der Waals surface area contributed by atoms with Crippen molar-refractivity contribution < 1.29 is 21.7 Å². The zero-order valence-corrected chi connectivity index (χ0v) is 8.46. The Hall–Kier alpha value is -1.59. The van der Waals surface area contributed by atoms with Gasteiger partial charge in [-0.25, -0.2) is 4.42 Å². The van der Waals surface area contributed by atoms with Gasteiger partial charge in [-0.15, -0.1) is 0 Å². The standard InChI is InChI=1S/C10H9O.BF4/c1-8-6-7-11-10-5-3-2-4-9(8)10;2-1(3,4)5/h2-7H,1H3;/q+1;-1. The van der Waals surface area contributed by atoms with Crippen LogP contribution in [0, 0.1) is 6.92 Å². The number of hydrogen-bond donors (Lipinski definition) is 0. The van der Waals surface area contributed by atoms with Crippen molar-refractivity contribution in [3.05, 3.63) is 42.2 Å². The predicted octanol–water partition coefficient (Wildman–Crippen LogP) is 4.32. The Kier molecular flexibility index (Phi) is 3.87. The van der Waals surface area contributed by atoms with Gasteiger partial charge in [-0.3, -0.25) is 0 Å². The first-order chi connectivity index (χ1) is 7.38. The van der Waals surface area contributed by atoms with Crippen LogP contribution in [0.1, 0.15) is 5.56 Å². The lowest BCUT2D eigenvalue weighted by Crippen LogP contribution is -2.02. The molecule has 0 amide bonds. The highest BCUT2D eigenvalue weighted by Gasteiger charge is 2.20. The zero-order valence-electron chi connectivity index (χ0n) is 8.46. The lowest BCUT2D eigenvalue weighted by atomic mass is 10.1. The largest absolute Gasteiger partial charge is 0.673 e. The van der Waals surface area contributed by atoms with E-state index in [9.17, 15) is 17.3 Å². The van der Waals surface area contributed by atoms with Gasteiger partial charge in [-0.05, 0) is 18.6 Å². The SMILES string of the molecule is Cc1cc[o+]c2ccccc12.F[B-](F)(F)F. The van der Waals surface area contributed by atoms with Crippen molar-refractivity contribution in [2.45, 2.75) is 6.92 Å². The molecule has 0 spiro atoms. The van der Waals surface area contributed by atoms with Crippen LogP contribution in [0.2, 0.25) is 0 Å². The second kappa shape index (κ2) is 4.96. The highest BCUT2D eigenvalue weighted by Crippen LogP contribution is 2.16. The monoisotopic (exact) mass is 232 g/mol. The molecular formula is C10H9BF4O. The number of halogens is 4. The van der Waals surface area contributed by atoms with Crippen LogP contribution in [0.5, 0.6) is 0 Å². The van der Waals surface area contributed by atoms with Gasteiger partial charge in [-0.1, -0.05) is 12.1 Å². The van der Waals surface area contributed by atoms with Gasteiger partial charge >= 0.3 is 19.1 Å². The van der Waals surface area contributed by atoms with Crippen molar-refractivity contribution >= 4 is 18.2 Å². The number of aryl methyl sites for hydroxylation is 1. The van der Waals surface area contributed by atoms with E-state index in [2.05, 4.69) is 13.0 Å². The van der Waals surface area contributed by atoms with Crippen LogP contribution in [0.15, 0.2) is 41.0 Å². The second-order valence-corrected chi connectivity index (χ2v) is 3.09. The molecular weight excluding hydrogens is 223 g/mol. The molecule has 1 nitrogen and oxygen atoms in total. The fraction of sp³-hybridized carbons (Fsp3) is 0.100. The van der Waals surface area contributed by atoms with Crippen LogP contribution in [-0.2, 0) is 0 Å². The molecule has 0 atom stereocenters. The lowest BCUT2D eigenvalue weighted by Gasteiger charge is -1.94. The van der Waals surface area contributed by atoms with Crippen molar-refractivity contribution in [2.24, 2.45) is 0 Å². The van der Waals surface area contributed by atoms with Gasteiger partial charge in [-0.2, -0.15) is 0 Å². The molecule has 0 N–H and O–H groups in total. The Bertz CT molecular complexity index is 458. The molecule has 0 aliphatic heterocycles. The van der Waals surface area contributed by atoms with Gasteiger partial charge in [0.2, 0.25) is 0 Å². The first kappa shape index (κ1) is 12.5. The van der Waals surface area contributed by atoms with Crippen molar-refractivity contribution in [3.8, 4) is 0 Å². The van der Waals surface area contributed by atoms with Gasteiger partial charge < -0.3 is 17.3 Å². The molecule has 0 aliphatic rings. The van der Waals surface area contributed by atoms with Gasteiger partial charge in [0.05, 0.1) is 5.39 Å². The van der Waals surface area contributed by atoms with E-state index in [1.807, 2.05) is 24.3 Å². The molecule has 0 fully saturated rings. The fourth-order valence-corrected chi connectivity index (χ4v) is 1.19. The molecule has 2 aromatic rings. The van der Waals surface area contributed by atoms with Gasteiger partial charge in [0, 0.05) is 12.1 Å². The van der Waals surface area contributed by atoms with Crippen LogP contribution < -0.4 is 0 Å². The molecule has 0 saturated heterocycles. The fourth-order valence-electron chi connectivity index (χ4n) is 1.19. The van der Waals surface area contributed by atoms with Crippen LogP contribution >= 0.6 is 0 Å². The first-order valence-corrected chi connectivity index (χ1v) is 4.51. The molecule has 16 heavy (non-hydrogen) atoms.